The zero-order valence-electron chi connectivity index (χ0n) is 27.5. The van der Waals surface area contributed by atoms with Gasteiger partial charge in [-0.3, -0.25) is 4.79 Å². The summed E-state index contributed by atoms with van der Waals surface area (Å²) in [7, 11) is 0. The van der Waals surface area contributed by atoms with E-state index in [0.29, 0.717) is 12.8 Å². The Bertz CT molecular complexity index is 638. The van der Waals surface area contributed by atoms with Crippen molar-refractivity contribution in [3.63, 3.8) is 0 Å². The summed E-state index contributed by atoms with van der Waals surface area (Å²) >= 11 is 0. The molecule has 4 unspecified atom stereocenters. The number of rotatable bonds is 31. The van der Waals surface area contributed by atoms with Gasteiger partial charge in [-0.15, -0.1) is 0 Å². The highest BCUT2D eigenvalue weighted by molar-refractivity contribution is 5.80. The first kappa shape index (κ1) is 40.8. The van der Waals surface area contributed by atoms with Gasteiger partial charge in [0.05, 0.1) is 18.8 Å². The van der Waals surface area contributed by atoms with Crippen LogP contribution in [0.1, 0.15) is 168 Å². The van der Waals surface area contributed by atoms with E-state index in [-0.39, 0.29) is 0 Å². The van der Waals surface area contributed by atoms with Crippen molar-refractivity contribution < 1.29 is 25.2 Å². The molecule has 42 heavy (non-hydrogen) atoms. The lowest BCUT2D eigenvalue weighted by Gasteiger charge is -2.27. The van der Waals surface area contributed by atoms with Gasteiger partial charge >= 0.3 is 0 Å². The van der Waals surface area contributed by atoms with Gasteiger partial charge in [0.15, 0.2) is 0 Å². The van der Waals surface area contributed by atoms with E-state index in [1.165, 1.54) is 96.3 Å². The third-order valence-electron chi connectivity index (χ3n) is 8.13. The van der Waals surface area contributed by atoms with E-state index in [9.17, 15) is 25.2 Å². The molecule has 5 N–H and O–H groups in total. The fourth-order valence-corrected chi connectivity index (χ4v) is 5.22. The molecule has 0 bridgehead atoms. The SMILES string of the molecule is CCCCCCC/C=C/CCCC(O)C(O)C(CO)NC(=O)C(O)CCCCCCCC/C=C\CCCCCCCC. The molecule has 0 aliphatic rings. The van der Waals surface area contributed by atoms with E-state index in [2.05, 4.69) is 43.5 Å². The first-order valence-electron chi connectivity index (χ1n) is 17.7. The molecule has 0 radical (unpaired) electrons. The van der Waals surface area contributed by atoms with Crippen LogP contribution in [0.15, 0.2) is 24.3 Å². The number of nitrogens with one attached hydrogen (secondary N) is 1. The molecule has 4 atom stereocenters. The maximum Gasteiger partial charge on any atom is 0.249 e. The monoisotopic (exact) mass is 596 g/mol. The molecule has 0 spiro atoms. The van der Waals surface area contributed by atoms with Crippen LogP contribution in [0.4, 0.5) is 0 Å². The normalized spacial score (nSPS) is 14.9. The lowest BCUT2D eigenvalue weighted by Crippen LogP contribution is -2.53. The maximum absolute atomic E-state index is 12.4. The van der Waals surface area contributed by atoms with Crippen LogP contribution in [0.25, 0.3) is 0 Å². The highest BCUT2D eigenvalue weighted by atomic mass is 16.3. The minimum atomic E-state index is -1.28. The number of hydrogen-bond donors (Lipinski definition) is 5. The van der Waals surface area contributed by atoms with Gasteiger partial charge in [0.1, 0.15) is 12.2 Å². The molecule has 0 rings (SSSR count). The van der Waals surface area contributed by atoms with Crippen LogP contribution in [-0.2, 0) is 4.79 Å². The van der Waals surface area contributed by atoms with Crippen molar-refractivity contribution in [3.8, 4) is 0 Å². The van der Waals surface area contributed by atoms with Gasteiger partial charge in [-0.1, -0.05) is 128 Å². The van der Waals surface area contributed by atoms with Crippen LogP contribution < -0.4 is 5.32 Å². The maximum atomic E-state index is 12.4. The summed E-state index contributed by atoms with van der Waals surface area (Å²) in [6, 6.07) is -0.999. The van der Waals surface area contributed by atoms with Gasteiger partial charge in [-0.05, 0) is 64.2 Å². The summed E-state index contributed by atoms with van der Waals surface area (Å²) in [6.07, 6.45) is 32.0. The van der Waals surface area contributed by atoms with Gasteiger partial charge in [0, 0.05) is 0 Å². The predicted molar refractivity (Wildman–Crippen MR) is 177 cm³/mol. The zero-order chi connectivity index (χ0) is 31.1. The third kappa shape index (κ3) is 25.3. The molecule has 0 saturated carbocycles. The van der Waals surface area contributed by atoms with E-state index in [1.54, 1.807) is 0 Å². The minimum absolute atomic E-state index is 0.356. The largest absolute Gasteiger partial charge is 0.394 e. The zero-order valence-corrected chi connectivity index (χ0v) is 27.5. The number of carbonyl (C=O) groups is 1. The molecular formula is C36H69NO5. The summed E-state index contributed by atoms with van der Waals surface area (Å²) in [4.78, 5) is 12.4. The van der Waals surface area contributed by atoms with Gasteiger partial charge in [-0.2, -0.15) is 0 Å². The Kier molecular flexibility index (Phi) is 30.3. The van der Waals surface area contributed by atoms with Crippen LogP contribution in [0.2, 0.25) is 0 Å². The molecule has 6 heteroatoms. The Morgan fingerprint density at radius 1 is 0.571 bits per heavy atom. The molecule has 0 aliphatic heterocycles. The number of carbonyl (C=O) groups excluding carboxylic acids is 1. The summed E-state index contributed by atoms with van der Waals surface area (Å²) in [5.41, 5.74) is 0. The molecule has 6 nitrogen and oxygen atoms in total. The third-order valence-corrected chi connectivity index (χ3v) is 8.13. The van der Waals surface area contributed by atoms with Crippen molar-refractivity contribution in [1.82, 2.24) is 5.32 Å². The second kappa shape index (κ2) is 31.2. The van der Waals surface area contributed by atoms with Crippen molar-refractivity contribution >= 4 is 5.91 Å². The Labute approximate surface area is 259 Å². The van der Waals surface area contributed by atoms with Crippen molar-refractivity contribution in [1.29, 1.82) is 0 Å². The molecular weight excluding hydrogens is 526 g/mol. The molecule has 0 saturated heterocycles. The summed E-state index contributed by atoms with van der Waals surface area (Å²) in [5, 5.41) is 43.2. The van der Waals surface area contributed by atoms with E-state index < -0.39 is 36.9 Å². The van der Waals surface area contributed by atoms with E-state index >= 15 is 0 Å². The molecule has 248 valence electrons. The van der Waals surface area contributed by atoms with Crippen LogP contribution in [0.3, 0.4) is 0 Å². The number of aliphatic hydroxyl groups is 4. The average molecular weight is 596 g/mol. The smallest absolute Gasteiger partial charge is 0.249 e. The summed E-state index contributed by atoms with van der Waals surface area (Å²) in [5.74, 6) is -0.602. The van der Waals surface area contributed by atoms with Gasteiger partial charge in [0.25, 0.3) is 0 Å². The number of allylic oxidation sites excluding steroid dienone is 4. The summed E-state index contributed by atoms with van der Waals surface area (Å²) in [6.45, 7) is 3.97. The second-order valence-corrected chi connectivity index (χ2v) is 12.2. The number of aliphatic hydroxyl groups excluding tert-OH is 4. The Balaban J connectivity index is 3.87. The average Bonchev–Trinajstić information content (AvgIpc) is 2.99. The molecule has 0 heterocycles. The fraction of sp³-hybridized carbons (Fsp3) is 0.861. The summed E-state index contributed by atoms with van der Waals surface area (Å²) < 4.78 is 0. The molecule has 0 aromatic rings. The molecule has 1 amide bonds. The first-order chi connectivity index (χ1) is 20.5. The lowest BCUT2D eigenvalue weighted by atomic mass is 10.00. The Morgan fingerprint density at radius 3 is 1.43 bits per heavy atom. The quantitative estimate of drug-likeness (QED) is 0.0411. The fourth-order valence-electron chi connectivity index (χ4n) is 5.22. The van der Waals surface area contributed by atoms with Crippen molar-refractivity contribution in [3.05, 3.63) is 24.3 Å². The molecule has 0 fully saturated rings. The lowest BCUT2D eigenvalue weighted by molar-refractivity contribution is -0.132. The molecule has 0 aliphatic carbocycles. The van der Waals surface area contributed by atoms with Crippen molar-refractivity contribution in [2.75, 3.05) is 6.61 Å². The Hall–Kier alpha value is -1.21. The molecule has 0 aromatic heterocycles. The van der Waals surface area contributed by atoms with Crippen molar-refractivity contribution in [2.45, 2.75) is 192 Å². The van der Waals surface area contributed by atoms with Crippen LogP contribution >= 0.6 is 0 Å². The van der Waals surface area contributed by atoms with Crippen LogP contribution in [0, 0.1) is 0 Å². The second-order valence-electron chi connectivity index (χ2n) is 12.2. The van der Waals surface area contributed by atoms with E-state index in [0.717, 1.165) is 44.9 Å². The number of amides is 1. The minimum Gasteiger partial charge on any atom is -0.394 e. The standard InChI is InChI=1S/C36H69NO5/c1-3-5-7-9-11-13-15-16-17-18-19-20-22-24-26-28-30-34(40)36(42)37-32(31-38)35(41)33(39)29-27-25-23-21-14-12-10-8-6-4-2/h16-17,21,23,32-35,38-41H,3-15,18-20,22,24-31H2,1-2H3,(H,37,42)/b17-16-,23-21+. The molecule has 0 aromatic carbocycles. The van der Waals surface area contributed by atoms with E-state index in [4.69, 9.17) is 0 Å². The van der Waals surface area contributed by atoms with Crippen LogP contribution in [0.5, 0.6) is 0 Å². The van der Waals surface area contributed by atoms with E-state index in [1.807, 2.05) is 0 Å². The number of hydrogen-bond acceptors (Lipinski definition) is 5. The first-order valence-corrected chi connectivity index (χ1v) is 17.7. The van der Waals surface area contributed by atoms with Gasteiger partial charge in [-0.25, -0.2) is 0 Å². The number of unbranched alkanes of at least 4 members (excludes halogenated alkanes) is 18. The highest BCUT2D eigenvalue weighted by Gasteiger charge is 2.28. The highest BCUT2D eigenvalue weighted by Crippen LogP contribution is 2.13. The van der Waals surface area contributed by atoms with Gasteiger partial charge < -0.3 is 25.7 Å². The Morgan fingerprint density at radius 2 is 0.976 bits per heavy atom. The van der Waals surface area contributed by atoms with Crippen LogP contribution in [-0.4, -0.2) is 57.3 Å². The van der Waals surface area contributed by atoms with Gasteiger partial charge in [0.2, 0.25) is 5.91 Å². The van der Waals surface area contributed by atoms with Crippen molar-refractivity contribution in [2.24, 2.45) is 0 Å². The topological polar surface area (TPSA) is 110 Å². The predicted octanol–water partition coefficient (Wildman–Crippen LogP) is 8.06.